The zero-order valence-electron chi connectivity index (χ0n) is 34.5. The average molecular weight is 801 g/mol. The molecular formula is C61H40N2. The van der Waals surface area contributed by atoms with E-state index in [4.69, 9.17) is 0 Å². The van der Waals surface area contributed by atoms with E-state index in [2.05, 4.69) is 252 Å². The highest BCUT2D eigenvalue weighted by atomic mass is 15.2. The lowest BCUT2D eigenvalue weighted by Crippen LogP contribution is -2.28. The van der Waals surface area contributed by atoms with Crippen molar-refractivity contribution in [2.45, 2.75) is 5.41 Å². The Morgan fingerprint density at radius 2 is 0.730 bits per heavy atom. The summed E-state index contributed by atoms with van der Waals surface area (Å²) >= 11 is 0. The van der Waals surface area contributed by atoms with Crippen LogP contribution in [0.1, 0.15) is 22.3 Å². The molecule has 11 aromatic rings. The summed E-state index contributed by atoms with van der Waals surface area (Å²) in [6.07, 6.45) is 0. The Bertz CT molecular complexity index is 3590. The smallest absolute Gasteiger partial charge is 0.0746 e. The molecule has 0 saturated carbocycles. The standard InChI is InChI=1S/C61H40N2/c1-3-22-46(23-4-1)62(48-33-31-41-17-7-9-19-43(41)37-48)50-35-36-57-54(40-50)52-27-13-15-29-55(52)61(57)56-30-16-14-28-53(56)59-51-26-12-11-21-45(51)39-58(60(59)61)63(47-24-5-2-6-25-47)49-34-32-42-18-8-10-20-44(42)38-49/h1-40H. The molecule has 2 heteroatoms. The van der Waals surface area contributed by atoms with Crippen molar-refractivity contribution in [3.05, 3.63) is 265 Å². The molecule has 1 unspecified atom stereocenters. The van der Waals surface area contributed by atoms with E-state index < -0.39 is 5.41 Å². The Hall–Kier alpha value is -8.20. The van der Waals surface area contributed by atoms with E-state index in [1.165, 1.54) is 82.5 Å². The Morgan fingerprint density at radius 3 is 1.40 bits per heavy atom. The molecule has 0 aliphatic heterocycles. The van der Waals surface area contributed by atoms with Crippen LogP contribution >= 0.6 is 0 Å². The van der Waals surface area contributed by atoms with Crippen LogP contribution in [0.2, 0.25) is 0 Å². The summed E-state index contributed by atoms with van der Waals surface area (Å²) in [7, 11) is 0. The molecule has 2 aliphatic rings. The predicted molar refractivity (Wildman–Crippen MR) is 265 cm³/mol. The van der Waals surface area contributed by atoms with E-state index in [0.717, 1.165) is 28.4 Å². The van der Waals surface area contributed by atoms with Gasteiger partial charge in [-0.2, -0.15) is 0 Å². The highest BCUT2D eigenvalue weighted by Gasteiger charge is 2.54. The summed E-state index contributed by atoms with van der Waals surface area (Å²) in [5.41, 5.74) is 16.5. The third kappa shape index (κ3) is 5.25. The molecule has 0 amide bonds. The summed E-state index contributed by atoms with van der Waals surface area (Å²) in [4.78, 5) is 4.92. The number of fused-ring (bicyclic) bond motifs is 14. The maximum absolute atomic E-state index is 2.51. The van der Waals surface area contributed by atoms with Gasteiger partial charge in [0, 0.05) is 34.0 Å². The molecule has 0 bridgehead atoms. The fraction of sp³-hybridized carbons (Fsp3) is 0.0164. The van der Waals surface area contributed by atoms with Crippen LogP contribution in [0, 0.1) is 0 Å². The Morgan fingerprint density at radius 1 is 0.270 bits per heavy atom. The molecular weight excluding hydrogens is 761 g/mol. The first kappa shape index (κ1) is 35.5. The maximum Gasteiger partial charge on any atom is 0.0746 e. The zero-order valence-corrected chi connectivity index (χ0v) is 34.5. The van der Waals surface area contributed by atoms with Crippen molar-refractivity contribution in [2.24, 2.45) is 0 Å². The lowest BCUT2D eigenvalue weighted by Gasteiger charge is -2.36. The third-order valence-electron chi connectivity index (χ3n) is 13.5. The second-order valence-electron chi connectivity index (χ2n) is 16.8. The van der Waals surface area contributed by atoms with Crippen LogP contribution in [0.5, 0.6) is 0 Å². The molecule has 1 atom stereocenters. The van der Waals surface area contributed by atoms with Gasteiger partial charge < -0.3 is 9.80 Å². The van der Waals surface area contributed by atoms with Crippen LogP contribution in [0.3, 0.4) is 0 Å². The van der Waals surface area contributed by atoms with Crippen LogP contribution in [0.25, 0.3) is 54.6 Å². The van der Waals surface area contributed by atoms with Gasteiger partial charge in [-0.1, -0.05) is 176 Å². The molecule has 2 aliphatic carbocycles. The third-order valence-corrected chi connectivity index (χ3v) is 13.5. The molecule has 0 radical (unpaired) electrons. The summed E-state index contributed by atoms with van der Waals surface area (Å²) in [6.45, 7) is 0. The van der Waals surface area contributed by atoms with Crippen LogP contribution < -0.4 is 9.80 Å². The molecule has 0 aromatic heterocycles. The SMILES string of the molecule is c1ccc(N(c2ccc3c(c2)-c2ccccc2C32c3ccccc3-c3c2c(N(c2ccccc2)c2ccc4ccccc4c2)cc2ccccc32)c2ccc3ccccc3c2)cc1. The van der Waals surface area contributed by atoms with E-state index in [0.29, 0.717) is 0 Å². The van der Waals surface area contributed by atoms with Gasteiger partial charge in [0.2, 0.25) is 0 Å². The van der Waals surface area contributed by atoms with Crippen molar-refractivity contribution in [3.8, 4) is 22.3 Å². The summed E-state index contributed by atoms with van der Waals surface area (Å²) in [6, 6.07) is 89.8. The molecule has 2 nitrogen and oxygen atoms in total. The van der Waals surface area contributed by atoms with Crippen LogP contribution in [0.15, 0.2) is 243 Å². The minimum Gasteiger partial charge on any atom is -0.310 e. The van der Waals surface area contributed by atoms with Gasteiger partial charge in [-0.3, -0.25) is 0 Å². The van der Waals surface area contributed by atoms with Gasteiger partial charge in [-0.25, -0.2) is 0 Å². The van der Waals surface area contributed by atoms with Crippen molar-refractivity contribution in [3.63, 3.8) is 0 Å². The molecule has 0 heterocycles. The van der Waals surface area contributed by atoms with Crippen molar-refractivity contribution in [2.75, 3.05) is 9.80 Å². The Balaban J connectivity index is 1.13. The van der Waals surface area contributed by atoms with E-state index >= 15 is 0 Å². The first-order valence-electron chi connectivity index (χ1n) is 21.8. The molecule has 0 fully saturated rings. The number of hydrogen-bond acceptors (Lipinski definition) is 2. The summed E-state index contributed by atoms with van der Waals surface area (Å²) in [5, 5.41) is 7.37. The quantitative estimate of drug-likeness (QED) is 0.165. The van der Waals surface area contributed by atoms with Gasteiger partial charge in [-0.05, 0) is 138 Å². The highest BCUT2D eigenvalue weighted by Crippen LogP contribution is 2.67. The van der Waals surface area contributed by atoms with Crippen molar-refractivity contribution >= 4 is 66.4 Å². The number of benzene rings is 11. The number of para-hydroxylation sites is 2. The second kappa shape index (κ2) is 13.9. The molecule has 0 N–H and O–H groups in total. The van der Waals surface area contributed by atoms with Crippen molar-refractivity contribution in [1.29, 1.82) is 0 Å². The number of nitrogens with zero attached hydrogens (tertiary/aromatic N) is 2. The van der Waals surface area contributed by atoms with Gasteiger partial charge in [0.1, 0.15) is 0 Å². The van der Waals surface area contributed by atoms with Crippen molar-refractivity contribution < 1.29 is 0 Å². The van der Waals surface area contributed by atoms with Crippen LogP contribution in [0.4, 0.5) is 34.1 Å². The average Bonchev–Trinajstić information content (AvgIpc) is 3.82. The minimum atomic E-state index is -0.611. The normalized spacial score (nSPS) is 14.4. The fourth-order valence-corrected chi connectivity index (χ4v) is 11.0. The topological polar surface area (TPSA) is 6.48 Å². The van der Waals surface area contributed by atoms with E-state index in [-0.39, 0.29) is 0 Å². The monoisotopic (exact) mass is 800 g/mol. The van der Waals surface area contributed by atoms with Gasteiger partial charge >= 0.3 is 0 Å². The summed E-state index contributed by atoms with van der Waals surface area (Å²) < 4.78 is 0. The summed E-state index contributed by atoms with van der Waals surface area (Å²) in [5.74, 6) is 0. The number of anilines is 6. The number of hydrogen-bond donors (Lipinski definition) is 0. The Labute approximate surface area is 367 Å². The molecule has 11 aromatic carbocycles. The van der Waals surface area contributed by atoms with E-state index in [1.54, 1.807) is 0 Å². The van der Waals surface area contributed by atoms with Crippen LogP contribution in [-0.2, 0) is 5.41 Å². The minimum absolute atomic E-state index is 0.611. The largest absolute Gasteiger partial charge is 0.310 e. The van der Waals surface area contributed by atoms with Gasteiger partial charge in [0.15, 0.2) is 0 Å². The molecule has 1 spiro atoms. The molecule has 294 valence electrons. The van der Waals surface area contributed by atoms with Gasteiger partial charge in [-0.15, -0.1) is 0 Å². The van der Waals surface area contributed by atoms with E-state index in [1.807, 2.05) is 0 Å². The first-order valence-corrected chi connectivity index (χ1v) is 21.8. The fourth-order valence-electron chi connectivity index (χ4n) is 11.0. The van der Waals surface area contributed by atoms with Crippen molar-refractivity contribution in [1.82, 2.24) is 0 Å². The molecule has 63 heavy (non-hydrogen) atoms. The lowest BCUT2D eigenvalue weighted by atomic mass is 9.69. The second-order valence-corrected chi connectivity index (χ2v) is 16.8. The van der Waals surface area contributed by atoms with Gasteiger partial charge in [0.05, 0.1) is 11.1 Å². The highest BCUT2D eigenvalue weighted by molar-refractivity contribution is 6.11. The Kier molecular flexibility index (Phi) is 7.85. The first-order chi connectivity index (χ1) is 31.3. The number of rotatable bonds is 6. The van der Waals surface area contributed by atoms with Gasteiger partial charge in [0.25, 0.3) is 0 Å². The molecule has 0 saturated heterocycles. The lowest BCUT2D eigenvalue weighted by molar-refractivity contribution is 0.793. The maximum atomic E-state index is 2.51. The van der Waals surface area contributed by atoms with Crippen LogP contribution in [-0.4, -0.2) is 0 Å². The van der Waals surface area contributed by atoms with E-state index in [9.17, 15) is 0 Å². The zero-order chi connectivity index (χ0) is 41.5. The molecule has 13 rings (SSSR count). The predicted octanol–water partition coefficient (Wildman–Crippen LogP) is 16.4.